The second kappa shape index (κ2) is 3.54. The van der Waals surface area contributed by atoms with Gasteiger partial charge in [0.05, 0.1) is 0 Å². The highest BCUT2D eigenvalue weighted by molar-refractivity contribution is 5.70. The van der Waals surface area contributed by atoms with Crippen LogP contribution < -0.4 is 0 Å². The third kappa shape index (κ3) is 1.62. The summed E-state index contributed by atoms with van der Waals surface area (Å²) in [6, 6.07) is 15.1. The first-order chi connectivity index (χ1) is 6.77. The van der Waals surface area contributed by atoms with Gasteiger partial charge in [-0.3, -0.25) is 0 Å². The minimum absolute atomic E-state index is 0.304. The van der Waals surface area contributed by atoms with E-state index in [1.165, 1.54) is 0 Å². The number of hydrogen-bond acceptors (Lipinski definition) is 1. The van der Waals surface area contributed by atoms with E-state index in [9.17, 15) is 5.11 Å². The number of phenolic OH excluding ortho intramolecular Hbond substituents is 1. The van der Waals surface area contributed by atoms with E-state index in [1.54, 1.807) is 6.07 Å². The summed E-state index contributed by atoms with van der Waals surface area (Å²) in [5, 5.41) is 9.63. The minimum atomic E-state index is 0.304. The quantitative estimate of drug-likeness (QED) is 0.719. The van der Waals surface area contributed by atoms with Gasteiger partial charge in [0.15, 0.2) is 0 Å². The molecule has 0 amide bonds. The summed E-state index contributed by atoms with van der Waals surface area (Å²) in [7, 11) is 0. The molecule has 0 saturated heterocycles. The predicted molar refractivity (Wildman–Crippen MR) is 58.0 cm³/mol. The number of hydrogen-bond donors (Lipinski definition) is 1. The summed E-state index contributed by atoms with van der Waals surface area (Å²) < 4.78 is 0. The van der Waals surface area contributed by atoms with Crippen LogP contribution in [0.5, 0.6) is 5.75 Å². The van der Waals surface area contributed by atoms with Crippen LogP contribution in [0.25, 0.3) is 11.1 Å². The first kappa shape index (κ1) is 8.82. The van der Waals surface area contributed by atoms with Crippen molar-refractivity contribution in [1.29, 1.82) is 0 Å². The van der Waals surface area contributed by atoms with Crippen LogP contribution in [-0.4, -0.2) is 5.11 Å². The van der Waals surface area contributed by atoms with Gasteiger partial charge in [-0.15, -0.1) is 0 Å². The Morgan fingerprint density at radius 3 is 2.43 bits per heavy atom. The number of phenols is 1. The normalized spacial score (nSPS) is 10.1. The van der Waals surface area contributed by atoms with Gasteiger partial charge in [-0.2, -0.15) is 0 Å². The topological polar surface area (TPSA) is 20.2 Å². The van der Waals surface area contributed by atoms with Crippen LogP contribution in [0.4, 0.5) is 0 Å². The Labute approximate surface area is 83.6 Å². The summed E-state index contributed by atoms with van der Waals surface area (Å²) in [6.07, 6.45) is 0. The smallest absolute Gasteiger partial charge is 0.123 e. The maximum absolute atomic E-state index is 9.63. The Morgan fingerprint density at radius 1 is 0.929 bits per heavy atom. The van der Waals surface area contributed by atoms with Gasteiger partial charge in [0.1, 0.15) is 5.75 Å². The number of aromatic hydroxyl groups is 1. The molecule has 0 bridgehead atoms. The van der Waals surface area contributed by atoms with Gasteiger partial charge in [0, 0.05) is 5.56 Å². The lowest BCUT2D eigenvalue weighted by molar-refractivity contribution is 0.477. The van der Waals surface area contributed by atoms with Crippen molar-refractivity contribution in [3.63, 3.8) is 0 Å². The van der Waals surface area contributed by atoms with Crippen LogP contribution in [0, 0.1) is 6.92 Å². The summed E-state index contributed by atoms with van der Waals surface area (Å²) >= 11 is 0. The highest BCUT2D eigenvalue weighted by atomic mass is 16.3. The second-order valence-corrected chi connectivity index (χ2v) is 3.22. The Morgan fingerprint density at radius 2 is 1.71 bits per heavy atom. The lowest BCUT2D eigenvalue weighted by atomic mass is 10.0. The molecule has 69 valence electrons. The standard InChI is InChI=1S/C13H11O/c1-10-5-4-6-11(9-10)12-7-2-3-8-13(12)14/h2-9,14H,1H2. The van der Waals surface area contributed by atoms with Gasteiger partial charge in [-0.25, -0.2) is 0 Å². The van der Waals surface area contributed by atoms with Gasteiger partial charge < -0.3 is 5.11 Å². The first-order valence-electron chi connectivity index (χ1n) is 4.48. The number of para-hydroxylation sites is 1. The maximum atomic E-state index is 9.63. The second-order valence-electron chi connectivity index (χ2n) is 3.22. The molecule has 0 aromatic heterocycles. The van der Waals surface area contributed by atoms with Crippen molar-refractivity contribution in [2.45, 2.75) is 0 Å². The molecule has 2 aromatic carbocycles. The van der Waals surface area contributed by atoms with Gasteiger partial charge >= 0.3 is 0 Å². The molecule has 0 spiro atoms. The van der Waals surface area contributed by atoms with Crippen molar-refractivity contribution in [3.05, 3.63) is 61.0 Å². The van der Waals surface area contributed by atoms with E-state index in [4.69, 9.17) is 0 Å². The Bertz CT molecular complexity index is 446. The predicted octanol–water partition coefficient (Wildman–Crippen LogP) is 3.24. The van der Waals surface area contributed by atoms with Crippen LogP contribution in [0.2, 0.25) is 0 Å². The van der Waals surface area contributed by atoms with Crippen LogP contribution in [0.15, 0.2) is 48.5 Å². The molecular formula is C13H11O. The van der Waals surface area contributed by atoms with Gasteiger partial charge in [0.2, 0.25) is 0 Å². The Kier molecular flexibility index (Phi) is 2.23. The van der Waals surface area contributed by atoms with Crippen LogP contribution in [-0.2, 0) is 0 Å². The Balaban J connectivity index is 2.55. The molecule has 0 atom stereocenters. The van der Waals surface area contributed by atoms with E-state index < -0.39 is 0 Å². The van der Waals surface area contributed by atoms with Crippen LogP contribution in [0.3, 0.4) is 0 Å². The lowest BCUT2D eigenvalue weighted by Gasteiger charge is -2.04. The monoisotopic (exact) mass is 183 g/mol. The molecule has 0 fully saturated rings. The van der Waals surface area contributed by atoms with Crippen LogP contribution >= 0.6 is 0 Å². The fourth-order valence-corrected chi connectivity index (χ4v) is 1.46. The SMILES string of the molecule is [CH2]c1cccc(-c2ccccc2O)c1. The molecule has 2 aromatic rings. The zero-order valence-corrected chi connectivity index (χ0v) is 7.77. The van der Waals surface area contributed by atoms with Gasteiger partial charge in [-0.05, 0) is 24.1 Å². The van der Waals surface area contributed by atoms with Crippen molar-refractivity contribution < 1.29 is 5.11 Å². The molecule has 1 N–H and O–H groups in total. The van der Waals surface area contributed by atoms with E-state index in [0.29, 0.717) is 5.75 Å². The molecule has 0 aliphatic rings. The third-order valence-corrected chi connectivity index (χ3v) is 2.14. The molecule has 14 heavy (non-hydrogen) atoms. The summed E-state index contributed by atoms with van der Waals surface area (Å²) in [6.45, 7) is 3.85. The van der Waals surface area contributed by atoms with E-state index in [-0.39, 0.29) is 0 Å². The number of benzene rings is 2. The molecule has 0 aliphatic carbocycles. The molecule has 0 aliphatic heterocycles. The maximum Gasteiger partial charge on any atom is 0.123 e. The van der Waals surface area contributed by atoms with Crippen molar-refractivity contribution >= 4 is 0 Å². The number of rotatable bonds is 1. The van der Waals surface area contributed by atoms with Crippen molar-refractivity contribution in [2.75, 3.05) is 0 Å². The fraction of sp³-hybridized carbons (Fsp3) is 0. The summed E-state index contributed by atoms with van der Waals surface area (Å²) in [5.41, 5.74) is 2.79. The summed E-state index contributed by atoms with van der Waals surface area (Å²) in [4.78, 5) is 0. The molecule has 1 nitrogen and oxygen atoms in total. The summed E-state index contributed by atoms with van der Waals surface area (Å²) in [5.74, 6) is 0.304. The van der Waals surface area contributed by atoms with Crippen LogP contribution in [0.1, 0.15) is 5.56 Å². The molecule has 0 saturated carbocycles. The van der Waals surface area contributed by atoms with E-state index in [2.05, 4.69) is 6.92 Å². The average molecular weight is 183 g/mol. The van der Waals surface area contributed by atoms with E-state index in [0.717, 1.165) is 16.7 Å². The van der Waals surface area contributed by atoms with Crippen molar-refractivity contribution in [3.8, 4) is 16.9 Å². The molecule has 0 unspecified atom stereocenters. The van der Waals surface area contributed by atoms with Crippen molar-refractivity contribution in [2.24, 2.45) is 0 Å². The molecule has 1 heteroatoms. The third-order valence-electron chi connectivity index (χ3n) is 2.14. The fourth-order valence-electron chi connectivity index (χ4n) is 1.46. The molecule has 2 rings (SSSR count). The van der Waals surface area contributed by atoms with Crippen molar-refractivity contribution in [1.82, 2.24) is 0 Å². The van der Waals surface area contributed by atoms with Gasteiger partial charge in [-0.1, -0.05) is 42.5 Å². The lowest BCUT2D eigenvalue weighted by Crippen LogP contribution is -1.79. The zero-order chi connectivity index (χ0) is 9.97. The average Bonchev–Trinajstić information content (AvgIpc) is 2.18. The first-order valence-corrected chi connectivity index (χ1v) is 4.48. The molecular weight excluding hydrogens is 172 g/mol. The molecule has 0 heterocycles. The highest BCUT2D eigenvalue weighted by Gasteiger charge is 2.01. The Hall–Kier alpha value is -1.76. The molecule has 1 radical (unpaired) electrons. The minimum Gasteiger partial charge on any atom is -0.507 e. The zero-order valence-electron chi connectivity index (χ0n) is 7.77. The van der Waals surface area contributed by atoms with E-state index >= 15 is 0 Å². The largest absolute Gasteiger partial charge is 0.507 e. The highest BCUT2D eigenvalue weighted by Crippen LogP contribution is 2.28. The van der Waals surface area contributed by atoms with E-state index in [1.807, 2.05) is 42.5 Å². The van der Waals surface area contributed by atoms with Gasteiger partial charge in [0.25, 0.3) is 0 Å².